The van der Waals surface area contributed by atoms with Crippen LogP contribution in [0.15, 0.2) is 29.3 Å². The van der Waals surface area contributed by atoms with Gasteiger partial charge in [-0.3, -0.25) is 9.56 Å². The van der Waals surface area contributed by atoms with E-state index in [1.165, 1.54) is 23.0 Å². The summed E-state index contributed by atoms with van der Waals surface area (Å²) >= 11 is 6.51. The molecular weight excluding hydrogens is 332 g/mol. The van der Waals surface area contributed by atoms with Crippen LogP contribution < -0.4 is 0 Å². The molecule has 0 saturated heterocycles. The van der Waals surface area contributed by atoms with Gasteiger partial charge in [-0.25, -0.2) is 4.79 Å². The number of carbonyl (C=O) groups is 1. The smallest absolute Gasteiger partial charge is 0.328 e. The van der Waals surface area contributed by atoms with Crippen LogP contribution in [-0.4, -0.2) is 29.0 Å². The Kier molecular flexibility index (Phi) is 4.14. The molecule has 1 aromatic heterocycles. The van der Waals surface area contributed by atoms with E-state index in [0.717, 1.165) is 16.8 Å². The highest BCUT2D eigenvalue weighted by Crippen LogP contribution is 2.36. The summed E-state index contributed by atoms with van der Waals surface area (Å²) in [6.45, 7) is 1.64. The highest BCUT2D eigenvalue weighted by molar-refractivity contribution is 7.73. The van der Waals surface area contributed by atoms with Crippen LogP contribution >= 0.6 is 23.6 Å². The number of para-hydroxylation sites is 1. The second-order valence-corrected chi connectivity index (χ2v) is 6.68. The van der Waals surface area contributed by atoms with E-state index in [9.17, 15) is 9.90 Å². The summed E-state index contributed by atoms with van der Waals surface area (Å²) in [5.74, 6) is -0.496. The number of esters is 1. The van der Waals surface area contributed by atoms with Crippen LogP contribution in [0.5, 0.6) is 5.88 Å². The van der Waals surface area contributed by atoms with Crippen LogP contribution in [-0.2, 0) is 9.53 Å². The monoisotopic (exact) mass is 346 g/mol. The van der Waals surface area contributed by atoms with Gasteiger partial charge in [0.1, 0.15) is 6.04 Å². The number of hydrogen-bond donors (Lipinski definition) is 1. The molecule has 2 heterocycles. The number of ether oxygens (including phenoxy) is 1. The van der Waals surface area contributed by atoms with Crippen molar-refractivity contribution in [1.82, 2.24) is 4.57 Å². The number of rotatable bonds is 3. The highest BCUT2D eigenvalue weighted by atomic mass is 32.1. The fourth-order valence-electron chi connectivity index (χ4n) is 2.40. The molecule has 1 unspecified atom stereocenters. The summed E-state index contributed by atoms with van der Waals surface area (Å²) in [4.78, 5) is 16.6. The molecule has 1 aromatic carbocycles. The van der Waals surface area contributed by atoms with Crippen LogP contribution in [0.2, 0.25) is 0 Å². The Morgan fingerprint density at radius 2 is 2.22 bits per heavy atom. The Morgan fingerprint density at radius 3 is 2.96 bits per heavy atom. The SMILES string of the molecule is COC(=O)C(C)n1c(O)c(C=C2C=Nc3ccccc32)sc1=S. The van der Waals surface area contributed by atoms with E-state index < -0.39 is 12.0 Å². The van der Waals surface area contributed by atoms with Crippen molar-refractivity contribution in [3.63, 3.8) is 0 Å². The molecule has 1 N–H and O–H groups in total. The number of allylic oxidation sites excluding steroid dienone is 1. The zero-order chi connectivity index (χ0) is 16.6. The molecule has 118 valence electrons. The van der Waals surface area contributed by atoms with Crippen molar-refractivity contribution < 1.29 is 14.6 Å². The third-order valence-corrected chi connectivity index (χ3v) is 4.95. The molecule has 0 saturated carbocycles. The first-order valence-corrected chi connectivity index (χ1v) is 8.12. The molecule has 0 radical (unpaired) electrons. The van der Waals surface area contributed by atoms with Crippen molar-refractivity contribution in [3.8, 4) is 5.88 Å². The van der Waals surface area contributed by atoms with Gasteiger partial charge in [-0.2, -0.15) is 0 Å². The minimum Gasteiger partial charge on any atom is -0.493 e. The lowest BCUT2D eigenvalue weighted by Gasteiger charge is -2.11. The molecule has 7 heteroatoms. The van der Waals surface area contributed by atoms with Gasteiger partial charge in [0.2, 0.25) is 5.88 Å². The number of aromatic hydroxyl groups is 1. The number of aliphatic imine (C=N–C) groups is 1. The largest absolute Gasteiger partial charge is 0.493 e. The lowest BCUT2D eigenvalue weighted by molar-refractivity contribution is -0.144. The zero-order valence-corrected chi connectivity index (χ0v) is 14.1. The number of methoxy groups -OCH3 is 1. The first kappa shape index (κ1) is 15.6. The highest BCUT2D eigenvalue weighted by Gasteiger charge is 2.22. The quantitative estimate of drug-likeness (QED) is 0.674. The van der Waals surface area contributed by atoms with Gasteiger partial charge < -0.3 is 9.84 Å². The fraction of sp³-hybridized carbons (Fsp3) is 0.188. The molecular formula is C16H14N2O3S2. The number of thiazole rings is 1. The molecule has 0 aliphatic carbocycles. The molecule has 0 fully saturated rings. The Morgan fingerprint density at radius 1 is 1.48 bits per heavy atom. The first-order valence-electron chi connectivity index (χ1n) is 6.90. The standard InChI is InChI=1S/C16H14N2O3S2/c1-9(15(20)21-2)18-14(19)13(23-16(18)22)7-10-8-17-12-6-4-3-5-11(10)12/h3-9,19H,1-2H3. The van der Waals surface area contributed by atoms with Gasteiger partial charge in [0.05, 0.1) is 17.7 Å². The second-order valence-electron chi connectivity index (χ2n) is 5.00. The van der Waals surface area contributed by atoms with Gasteiger partial charge in [-0.05, 0) is 31.3 Å². The van der Waals surface area contributed by atoms with Gasteiger partial charge in [-0.15, -0.1) is 11.3 Å². The average molecular weight is 346 g/mol. The van der Waals surface area contributed by atoms with Crippen molar-refractivity contribution in [2.45, 2.75) is 13.0 Å². The summed E-state index contributed by atoms with van der Waals surface area (Å²) in [6, 6.07) is 7.08. The van der Waals surface area contributed by atoms with Crippen molar-refractivity contribution in [2.75, 3.05) is 7.11 Å². The molecule has 5 nitrogen and oxygen atoms in total. The second kappa shape index (κ2) is 6.10. The summed E-state index contributed by atoms with van der Waals surface area (Å²) in [5.41, 5.74) is 2.79. The number of hydrogen-bond acceptors (Lipinski definition) is 6. The van der Waals surface area contributed by atoms with E-state index in [1.807, 2.05) is 30.3 Å². The molecule has 1 atom stereocenters. The number of fused-ring (bicyclic) bond motifs is 1. The maximum atomic E-state index is 11.7. The number of aromatic nitrogens is 1. The van der Waals surface area contributed by atoms with E-state index in [2.05, 4.69) is 4.99 Å². The van der Waals surface area contributed by atoms with Gasteiger partial charge in [0.15, 0.2) is 3.95 Å². The summed E-state index contributed by atoms with van der Waals surface area (Å²) in [7, 11) is 1.31. The summed E-state index contributed by atoms with van der Waals surface area (Å²) < 4.78 is 6.53. The zero-order valence-electron chi connectivity index (χ0n) is 12.5. The molecule has 1 aliphatic rings. The number of nitrogens with zero attached hydrogens (tertiary/aromatic N) is 2. The van der Waals surface area contributed by atoms with Crippen molar-refractivity contribution in [2.24, 2.45) is 4.99 Å². The van der Waals surface area contributed by atoms with E-state index in [0.29, 0.717) is 8.83 Å². The van der Waals surface area contributed by atoms with E-state index in [-0.39, 0.29) is 5.88 Å². The van der Waals surface area contributed by atoms with Crippen LogP contribution in [0, 0.1) is 3.95 Å². The van der Waals surface area contributed by atoms with E-state index >= 15 is 0 Å². The van der Waals surface area contributed by atoms with Crippen LogP contribution in [0.3, 0.4) is 0 Å². The van der Waals surface area contributed by atoms with Gasteiger partial charge in [0, 0.05) is 17.4 Å². The predicted molar refractivity (Wildman–Crippen MR) is 94.0 cm³/mol. The van der Waals surface area contributed by atoms with Gasteiger partial charge in [-0.1, -0.05) is 18.2 Å². The minimum atomic E-state index is -0.680. The predicted octanol–water partition coefficient (Wildman–Crippen LogP) is 3.98. The number of benzene rings is 1. The maximum Gasteiger partial charge on any atom is 0.328 e. The Bertz CT molecular complexity index is 893. The molecule has 1 aliphatic heterocycles. The molecule has 3 rings (SSSR count). The van der Waals surface area contributed by atoms with Gasteiger partial charge in [0.25, 0.3) is 0 Å². The third kappa shape index (κ3) is 2.73. The topological polar surface area (TPSA) is 63.8 Å². The maximum absolute atomic E-state index is 11.7. The number of carbonyl (C=O) groups excluding carboxylic acids is 1. The minimum absolute atomic E-state index is 0.0387. The molecule has 23 heavy (non-hydrogen) atoms. The average Bonchev–Trinajstić information content (AvgIpc) is 3.08. The fourth-order valence-corrected chi connectivity index (χ4v) is 3.82. The molecule has 0 bridgehead atoms. The third-order valence-electron chi connectivity index (χ3n) is 3.62. The van der Waals surface area contributed by atoms with Crippen molar-refractivity contribution >= 4 is 53.1 Å². The lowest BCUT2D eigenvalue weighted by Crippen LogP contribution is -2.17. The molecule has 0 spiro atoms. The van der Waals surface area contributed by atoms with Crippen LogP contribution in [0.25, 0.3) is 11.6 Å². The normalized spacial score (nSPS) is 15.7. The van der Waals surface area contributed by atoms with Crippen molar-refractivity contribution in [1.29, 1.82) is 0 Å². The molecule has 0 amide bonds. The van der Waals surface area contributed by atoms with Crippen molar-refractivity contribution in [3.05, 3.63) is 38.7 Å². The van der Waals surface area contributed by atoms with Crippen LogP contribution in [0.4, 0.5) is 5.69 Å². The Balaban J connectivity index is 2.04. The summed E-state index contributed by atoms with van der Waals surface area (Å²) in [5, 5.41) is 10.4. The lowest BCUT2D eigenvalue weighted by atomic mass is 10.1. The Hall–Kier alpha value is -2.25. The Labute approximate surface area is 142 Å². The summed E-state index contributed by atoms with van der Waals surface area (Å²) in [6.07, 6.45) is 3.58. The van der Waals surface area contributed by atoms with Crippen LogP contribution in [0.1, 0.15) is 23.4 Å². The first-order chi connectivity index (χ1) is 11.0. The van der Waals surface area contributed by atoms with Gasteiger partial charge >= 0.3 is 5.97 Å². The molecule has 2 aromatic rings. The van der Waals surface area contributed by atoms with E-state index in [1.54, 1.807) is 13.1 Å². The van der Waals surface area contributed by atoms with E-state index in [4.69, 9.17) is 17.0 Å².